The summed E-state index contributed by atoms with van der Waals surface area (Å²) in [5, 5.41) is 3.83. The van der Waals surface area contributed by atoms with E-state index in [1.54, 1.807) is 12.1 Å². The zero-order chi connectivity index (χ0) is 16.4. The van der Waals surface area contributed by atoms with Crippen molar-refractivity contribution in [2.24, 2.45) is 0 Å². The third-order valence-electron chi connectivity index (χ3n) is 3.50. The topological polar surface area (TPSA) is 50.7 Å². The van der Waals surface area contributed by atoms with Crippen molar-refractivity contribution in [1.82, 2.24) is 20.0 Å². The van der Waals surface area contributed by atoms with Crippen LogP contribution in [0.2, 0.25) is 0 Å². The first-order chi connectivity index (χ1) is 11.0. The number of rotatable bonds is 4. The first kappa shape index (κ1) is 15.2. The van der Waals surface area contributed by atoms with Crippen LogP contribution in [0.15, 0.2) is 48.1 Å². The molecule has 0 unspecified atom stereocenters. The van der Waals surface area contributed by atoms with Crippen molar-refractivity contribution in [3.63, 3.8) is 0 Å². The summed E-state index contributed by atoms with van der Waals surface area (Å²) in [7, 11) is 3.83. The van der Waals surface area contributed by atoms with Crippen LogP contribution in [0.3, 0.4) is 0 Å². The lowest BCUT2D eigenvalue weighted by atomic mass is 10.3. The van der Waals surface area contributed by atoms with Gasteiger partial charge in [-0.1, -0.05) is 12.1 Å². The summed E-state index contributed by atoms with van der Waals surface area (Å²) in [6.45, 7) is 3.78. The quantitative estimate of drug-likeness (QED) is 0.864. The molecule has 119 valence electrons. The molecular formula is C16H16FN4O2. The highest BCUT2D eigenvalue weighted by Crippen LogP contribution is 2.28. The predicted molar refractivity (Wildman–Crippen MR) is 81.7 cm³/mol. The van der Waals surface area contributed by atoms with E-state index in [2.05, 4.69) is 9.97 Å². The Hall–Kier alpha value is -2.67. The van der Waals surface area contributed by atoms with Crippen molar-refractivity contribution in [3.8, 4) is 17.5 Å². The van der Waals surface area contributed by atoms with Gasteiger partial charge in [0.15, 0.2) is 11.6 Å². The van der Waals surface area contributed by atoms with Crippen LogP contribution in [0.1, 0.15) is 6.92 Å². The average molecular weight is 315 g/mol. The summed E-state index contributed by atoms with van der Waals surface area (Å²) in [6.07, 6.45) is 1.31. The zero-order valence-electron chi connectivity index (χ0n) is 13.0. The SMILES string of the molecule is CC1=C(Oc2cc(Oc3ccccc3F)ncn2)[CH]N(C)N1C. The summed E-state index contributed by atoms with van der Waals surface area (Å²) in [4.78, 5) is 8.03. The molecule has 23 heavy (non-hydrogen) atoms. The number of hydrazine groups is 1. The molecule has 0 spiro atoms. The Morgan fingerprint density at radius 3 is 2.39 bits per heavy atom. The minimum Gasteiger partial charge on any atom is -0.439 e. The van der Waals surface area contributed by atoms with Crippen LogP contribution in [0, 0.1) is 12.4 Å². The smallest absolute Gasteiger partial charge is 0.226 e. The molecule has 1 aromatic carbocycles. The fourth-order valence-electron chi connectivity index (χ4n) is 2.03. The highest BCUT2D eigenvalue weighted by Gasteiger charge is 2.24. The van der Waals surface area contributed by atoms with E-state index in [1.165, 1.54) is 24.5 Å². The van der Waals surface area contributed by atoms with Gasteiger partial charge in [0.2, 0.25) is 11.8 Å². The highest BCUT2D eigenvalue weighted by atomic mass is 19.1. The predicted octanol–water partition coefficient (Wildman–Crippen LogP) is 2.97. The van der Waals surface area contributed by atoms with Crippen LogP contribution in [0.4, 0.5) is 4.39 Å². The Balaban J connectivity index is 1.77. The Morgan fingerprint density at radius 1 is 1.04 bits per heavy atom. The molecule has 3 rings (SSSR count). The van der Waals surface area contributed by atoms with E-state index in [1.807, 2.05) is 37.6 Å². The Morgan fingerprint density at radius 2 is 1.74 bits per heavy atom. The molecule has 0 amide bonds. The van der Waals surface area contributed by atoms with Crippen LogP contribution in [-0.4, -0.2) is 34.1 Å². The lowest BCUT2D eigenvalue weighted by Gasteiger charge is -2.21. The monoisotopic (exact) mass is 315 g/mol. The van der Waals surface area contributed by atoms with E-state index in [4.69, 9.17) is 9.47 Å². The van der Waals surface area contributed by atoms with Gasteiger partial charge in [0.05, 0.1) is 11.8 Å². The molecule has 1 aliphatic heterocycles. The van der Waals surface area contributed by atoms with Gasteiger partial charge in [-0.25, -0.2) is 19.4 Å². The van der Waals surface area contributed by atoms with Crippen LogP contribution in [0.25, 0.3) is 0 Å². The summed E-state index contributed by atoms with van der Waals surface area (Å²) in [6, 6.07) is 7.64. The first-order valence-electron chi connectivity index (χ1n) is 6.99. The summed E-state index contributed by atoms with van der Waals surface area (Å²) >= 11 is 0. The average Bonchev–Trinajstić information content (AvgIpc) is 2.77. The second-order valence-corrected chi connectivity index (χ2v) is 5.01. The zero-order valence-corrected chi connectivity index (χ0v) is 13.0. The van der Waals surface area contributed by atoms with Crippen LogP contribution in [0.5, 0.6) is 17.5 Å². The lowest BCUT2D eigenvalue weighted by molar-refractivity contribution is 0.128. The molecule has 1 aliphatic rings. The van der Waals surface area contributed by atoms with Gasteiger partial charge in [0.1, 0.15) is 18.6 Å². The normalized spacial score (nSPS) is 15.2. The summed E-state index contributed by atoms with van der Waals surface area (Å²) in [5.41, 5.74) is 0.947. The second kappa shape index (κ2) is 6.21. The van der Waals surface area contributed by atoms with Gasteiger partial charge in [-0.15, -0.1) is 0 Å². The Bertz CT molecular complexity index is 750. The van der Waals surface area contributed by atoms with Gasteiger partial charge in [-0.05, 0) is 19.1 Å². The van der Waals surface area contributed by atoms with Crippen molar-refractivity contribution < 1.29 is 13.9 Å². The fourth-order valence-corrected chi connectivity index (χ4v) is 2.03. The van der Waals surface area contributed by atoms with Crippen molar-refractivity contribution in [2.45, 2.75) is 6.92 Å². The molecule has 1 aromatic heterocycles. The number of hydrogen-bond acceptors (Lipinski definition) is 6. The standard InChI is InChI=1S/C16H16FN4O2/c1-11-14(9-20(2)21(11)3)23-16-8-15(18-10-19-16)22-13-7-5-4-6-12(13)17/h4-10H,1-3H3. The maximum atomic E-state index is 13.6. The molecule has 1 radical (unpaired) electrons. The second-order valence-electron chi connectivity index (χ2n) is 5.01. The Labute approximate surface area is 133 Å². The molecule has 0 saturated carbocycles. The van der Waals surface area contributed by atoms with Crippen molar-refractivity contribution in [3.05, 3.63) is 60.5 Å². The van der Waals surface area contributed by atoms with E-state index >= 15 is 0 Å². The van der Waals surface area contributed by atoms with Crippen LogP contribution in [-0.2, 0) is 0 Å². The molecule has 0 N–H and O–H groups in total. The van der Waals surface area contributed by atoms with Gasteiger partial charge in [0.25, 0.3) is 0 Å². The van der Waals surface area contributed by atoms with Gasteiger partial charge < -0.3 is 14.5 Å². The van der Waals surface area contributed by atoms with Gasteiger partial charge in [0, 0.05) is 14.1 Å². The molecule has 0 aliphatic carbocycles. The molecule has 6 nitrogen and oxygen atoms in total. The van der Waals surface area contributed by atoms with Crippen LogP contribution >= 0.6 is 0 Å². The summed E-state index contributed by atoms with van der Waals surface area (Å²) in [5.74, 6) is 0.836. The minimum atomic E-state index is -0.459. The van der Waals surface area contributed by atoms with Crippen LogP contribution < -0.4 is 9.47 Å². The molecule has 0 fully saturated rings. The number of likely N-dealkylation sites (N-methyl/N-ethyl adjacent to an activating group) is 1. The maximum absolute atomic E-state index is 13.6. The molecule has 2 aromatic rings. The number of hydrogen-bond donors (Lipinski definition) is 0. The Kier molecular flexibility index (Phi) is 4.12. The van der Waals surface area contributed by atoms with E-state index in [9.17, 15) is 4.39 Å². The molecule has 2 heterocycles. The van der Waals surface area contributed by atoms with Gasteiger partial charge >= 0.3 is 0 Å². The number of para-hydroxylation sites is 1. The number of halogens is 1. The number of nitrogens with zero attached hydrogens (tertiary/aromatic N) is 4. The number of benzene rings is 1. The number of ether oxygens (including phenoxy) is 2. The van der Waals surface area contributed by atoms with Crippen molar-refractivity contribution >= 4 is 0 Å². The van der Waals surface area contributed by atoms with Gasteiger partial charge in [-0.2, -0.15) is 0 Å². The number of allylic oxidation sites excluding steroid dienone is 1. The third kappa shape index (κ3) is 3.24. The summed E-state index contributed by atoms with van der Waals surface area (Å²) < 4.78 is 24.8. The highest BCUT2D eigenvalue weighted by molar-refractivity contribution is 5.31. The molecule has 0 saturated heterocycles. The maximum Gasteiger partial charge on any atom is 0.226 e. The molecular weight excluding hydrogens is 299 g/mol. The largest absolute Gasteiger partial charge is 0.439 e. The molecule has 7 heteroatoms. The fraction of sp³-hybridized carbons (Fsp3) is 0.188. The molecule has 0 bridgehead atoms. The molecule has 0 atom stereocenters. The minimum absolute atomic E-state index is 0.0967. The van der Waals surface area contributed by atoms with E-state index in [-0.39, 0.29) is 11.6 Å². The first-order valence-corrected chi connectivity index (χ1v) is 6.99. The number of aromatic nitrogens is 2. The van der Waals surface area contributed by atoms with Crippen molar-refractivity contribution in [1.29, 1.82) is 0 Å². The van der Waals surface area contributed by atoms with E-state index in [0.717, 1.165) is 5.70 Å². The lowest BCUT2D eigenvalue weighted by Crippen LogP contribution is -2.27. The van der Waals surface area contributed by atoms with Crippen molar-refractivity contribution in [2.75, 3.05) is 14.1 Å². The third-order valence-corrected chi connectivity index (χ3v) is 3.50. The van der Waals surface area contributed by atoms with Gasteiger partial charge in [-0.3, -0.25) is 0 Å². The van der Waals surface area contributed by atoms with E-state index < -0.39 is 5.82 Å². The van der Waals surface area contributed by atoms with E-state index in [0.29, 0.717) is 11.6 Å².